The van der Waals surface area contributed by atoms with E-state index in [1.54, 1.807) is 6.07 Å². The zero-order valence-corrected chi connectivity index (χ0v) is 32.9. The lowest BCUT2D eigenvalue weighted by Crippen LogP contribution is -2.50. The van der Waals surface area contributed by atoms with Crippen molar-refractivity contribution >= 4 is 11.8 Å². The van der Waals surface area contributed by atoms with E-state index in [-0.39, 0.29) is 35.5 Å². The van der Waals surface area contributed by atoms with Crippen LogP contribution in [0.3, 0.4) is 0 Å². The van der Waals surface area contributed by atoms with Crippen molar-refractivity contribution in [3.63, 3.8) is 0 Å². The summed E-state index contributed by atoms with van der Waals surface area (Å²) in [4.78, 5) is 31.3. The number of aromatic hydroxyl groups is 1. The highest BCUT2D eigenvalue weighted by Crippen LogP contribution is 2.47. The summed E-state index contributed by atoms with van der Waals surface area (Å²) in [7, 11) is 0. The topological polar surface area (TPSA) is 85.4 Å². The number of aryl methyl sites for hydroxylation is 1. The Morgan fingerprint density at radius 2 is 1.46 bits per heavy atom. The quantitative estimate of drug-likeness (QED) is 0.162. The van der Waals surface area contributed by atoms with E-state index in [2.05, 4.69) is 86.7 Å². The number of likely N-dealkylation sites (tertiary alicyclic amines) is 2. The third-order valence-corrected chi connectivity index (χ3v) is 13.7. The first-order valence-corrected chi connectivity index (χ1v) is 21.3. The van der Waals surface area contributed by atoms with Gasteiger partial charge in [-0.3, -0.25) is 24.7 Å². The summed E-state index contributed by atoms with van der Waals surface area (Å²) in [5.74, 6) is 2.22. The molecule has 3 atom stereocenters. The number of ether oxygens (including phenoxy) is 1. The van der Waals surface area contributed by atoms with Crippen LogP contribution in [0.5, 0.6) is 11.5 Å². The molecule has 4 aromatic rings. The summed E-state index contributed by atoms with van der Waals surface area (Å²) in [6.45, 7) is 8.09. The van der Waals surface area contributed by atoms with Crippen molar-refractivity contribution in [2.45, 2.75) is 88.3 Å². The molecular formula is C48H55FN4O4. The van der Waals surface area contributed by atoms with Gasteiger partial charge >= 0.3 is 0 Å². The molecule has 0 bridgehead atoms. The smallest absolute Gasteiger partial charge is 0.243 e. The first-order valence-electron chi connectivity index (χ1n) is 21.3. The second kappa shape index (κ2) is 16.7. The van der Waals surface area contributed by atoms with Crippen molar-refractivity contribution in [2.75, 3.05) is 45.9 Å². The Balaban J connectivity index is 0.717. The van der Waals surface area contributed by atoms with Crippen LogP contribution < -0.4 is 10.1 Å². The second-order valence-electron chi connectivity index (χ2n) is 17.2. The summed E-state index contributed by atoms with van der Waals surface area (Å²) in [5.41, 5.74) is 8.11. The molecule has 8 nitrogen and oxygen atoms in total. The third kappa shape index (κ3) is 8.38. The van der Waals surface area contributed by atoms with Crippen LogP contribution in [0.25, 0.3) is 0 Å². The summed E-state index contributed by atoms with van der Waals surface area (Å²) >= 11 is 0. The molecule has 3 fully saturated rings. The zero-order chi connectivity index (χ0) is 38.9. The number of halogens is 1. The van der Waals surface area contributed by atoms with Crippen molar-refractivity contribution in [3.05, 3.63) is 130 Å². The van der Waals surface area contributed by atoms with Gasteiger partial charge in [-0.2, -0.15) is 0 Å². The molecule has 1 unspecified atom stereocenters. The summed E-state index contributed by atoms with van der Waals surface area (Å²) in [6.07, 6.45) is 7.22. The largest absolute Gasteiger partial charge is 0.508 e. The molecule has 4 heterocycles. The Morgan fingerprint density at radius 1 is 0.719 bits per heavy atom. The van der Waals surface area contributed by atoms with Crippen LogP contribution in [0.4, 0.5) is 4.39 Å². The SMILES string of the molecule is O=C1CCC(N2Cc3cc(F)c(C4CCN(CC5CCN(CCOc6ccc([C@@H]7c8ccc(O)cc8CC[C@@H]7c7ccccc7)cc6)CC5)CC4)cc3C2)C(=O)N1. The second-order valence-corrected chi connectivity index (χ2v) is 17.2. The molecule has 1 aliphatic carbocycles. The lowest BCUT2D eigenvalue weighted by atomic mass is 9.69. The van der Waals surface area contributed by atoms with E-state index in [0.717, 1.165) is 87.4 Å². The van der Waals surface area contributed by atoms with E-state index in [1.807, 2.05) is 12.1 Å². The highest BCUT2D eigenvalue weighted by atomic mass is 19.1. The minimum Gasteiger partial charge on any atom is -0.508 e. The van der Waals surface area contributed by atoms with Crippen LogP contribution in [0.2, 0.25) is 0 Å². The van der Waals surface area contributed by atoms with Gasteiger partial charge in [-0.15, -0.1) is 0 Å². The maximum Gasteiger partial charge on any atom is 0.243 e. The number of hydrogen-bond acceptors (Lipinski definition) is 7. The van der Waals surface area contributed by atoms with Gasteiger partial charge in [-0.25, -0.2) is 4.39 Å². The van der Waals surface area contributed by atoms with E-state index < -0.39 is 0 Å². The molecule has 2 amide bonds. The van der Waals surface area contributed by atoms with E-state index >= 15 is 4.39 Å². The average molecular weight is 771 g/mol. The standard InChI is InChI=1S/C48H55FN4O4/c49-44-28-38-31-53(45-14-15-46(55)50-48(45)56)30-37(38)27-43(44)34-18-22-52(23-19-34)29-32-16-20-51(21-17-32)24-25-57-40-10-6-35(7-11-40)47-41(33-4-2-1-3-5-33)12-8-36-26-39(54)9-13-42(36)47/h1-7,9-11,13,26-28,32,34,41,45,47,54H,8,12,14-25,29-31H2,(H,50,55,56)/t41-,45?,47+/m1/s1. The highest BCUT2D eigenvalue weighted by Gasteiger charge is 2.36. The van der Waals surface area contributed by atoms with Gasteiger partial charge in [0, 0.05) is 38.5 Å². The average Bonchev–Trinajstić information content (AvgIpc) is 3.64. The van der Waals surface area contributed by atoms with Gasteiger partial charge in [-0.05, 0) is 158 Å². The molecule has 0 saturated carbocycles. The van der Waals surface area contributed by atoms with Crippen LogP contribution in [-0.2, 0) is 29.1 Å². The number of rotatable bonds is 10. The molecule has 2 N–H and O–H groups in total. The Labute approximate surface area is 336 Å². The number of carbonyl (C=O) groups is 2. The van der Waals surface area contributed by atoms with E-state index in [1.165, 1.54) is 35.1 Å². The van der Waals surface area contributed by atoms with E-state index in [0.29, 0.717) is 50.1 Å². The van der Waals surface area contributed by atoms with Crippen LogP contribution in [0, 0.1) is 11.7 Å². The number of phenols is 1. The molecule has 3 saturated heterocycles. The minimum atomic E-state index is -0.326. The Hall–Kier alpha value is -4.57. The number of imide groups is 1. The number of hydrogen-bond donors (Lipinski definition) is 2. The number of phenolic OH excluding ortho intramolecular Hbond substituents is 1. The number of nitrogens with zero attached hydrogens (tertiary/aromatic N) is 3. The molecular weight excluding hydrogens is 716 g/mol. The molecule has 4 aliphatic heterocycles. The molecule has 298 valence electrons. The Bertz CT molecular complexity index is 2060. The van der Waals surface area contributed by atoms with Crippen LogP contribution in [0.1, 0.15) is 102 Å². The van der Waals surface area contributed by atoms with Gasteiger partial charge < -0.3 is 14.7 Å². The van der Waals surface area contributed by atoms with Gasteiger partial charge in [-0.1, -0.05) is 54.6 Å². The van der Waals surface area contributed by atoms with Crippen molar-refractivity contribution in [3.8, 4) is 11.5 Å². The number of carbonyl (C=O) groups excluding carboxylic acids is 2. The fourth-order valence-corrected chi connectivity index (χ4v) is 10.6. The number of nitrogens with one attached hydrogen (secondary N) is 1. The Morgan fingerprint density at radius 3 is 2.21 bits per heavy atom. The first kappa shape index (κ1) is 38.0. The molecule has 9 rings (SSSR count). The normalized spacial score (nSPS) is 23.9. The van der Waals surface area contributed by atoms with Crippen molar-refractivity contribution in [2.24, 2.45) is 5.92 Å². The number of benzene rings is 4. The molecule has 9 heteroatoms. The van der Waals surface area contributed by atoms with Crippen LogP contribution in [-0.4, -0.2) is 83.5 Å². The monoisotopic (exact) mass is 770 g/mol. The summed E-state index contributed by atoms with van der Waals surface area (Å²) in [5, 5.41) is 12.6. The Kier molecular flexibility index (Phi) is 11.1. The number of fused-ring (bicyclic) bond motifs is 2. The summed E-state index contributed by atoms with van der Waals surface area (Å²) < 4.78 is 21.7. The molecule has 4 aromatic carbocycles. The molecule has 0 spiro atoms. The molecule has 57 heavy (non-hydrogen) atoms. The fraction of sp³-hybridized carbons (Fsp3) is 0.458. The third-order valence-electron chi connectivity index (χ3n) is 13.7. The van der Waals surface area contributed by atoms with Gasteiger partial charge in [0.15, 0.2) is 0 Å². The number of piperidine rings is 3. The zero-order valence-electron chi connectivity index (χ0n) is 32.9. The van der Waals surface area contributed by atoms with Gasteiger partial charge in [0.05, 0.1) is 6.04 Å². The predicted octanol–water partition coefficient (Wildman–Crippen LogP) is 7.48. The van der Waals surface area contributed by atoms with Gasteiger partial charge in [0.1, 0.15) is 23.9 Å². The fourth-order valence-electron chi connectivity index (χ4n) is 10.6. The molecule has 0 radical (unpaired) electrons. The molecule has 0 aromatic heterocycles. The predicted molar refractivity (Wildman–Crippen MR) is 219 cm³/mol. The number of amides is 2. The van der Waals surface area contributed by atoms with Crippen molar-refractivity contribution < 1.29 is 23.8 Å². The first-order chi connectivity index (χ1) is 27.8. The minimum absolute atomic E-state index is 0.115. The maximum absolute atomic E-state index is 15.4. The summed E-state index contributed by atoms with van der Waals surface area (Å²) in [6, 6.07) is 28.9. The van der Waals surface area contributed by atoms with Crippen LogP contribution >= 0.6 is 0 Å². The van der Waals surface area contributed by atoms with Gasteiger partial charge in [0.25, 0.3) is 0 Å². The lowest BCUT2D eigenvalue weighted by molar-refractivity contribution is -0.137. The van der Waals surface area contributed by atoms with Crippen LogP contribution in [0.15, 0.2) is 84.9 Å². The van der Waals surface area contributed by atoms with Gasteiger partial charge in [0.2, 0.25) is 11.8 Å². The van der Waals surface area contributed by atoms with E-state index in [4.69, 9.17) is 4.74 Å². The highest BCUT2D eigenvalue weighted by molar-refractivity contribution is 6.00. The van der Waals surface area contributed by atoms with Crippen molar-refractivity contribution in [1.82, 2.24) is 20.0 Å². The van der Waals surface area contributed by atoms with Crippen molar-refractivity contribution in [1.29, 1.82) is 0 Å². The molecule has 5 aliphatic rings. The maximum atomic E-state index is 15.4. The lowest BCUT2D eigenvalue weighted by Gasteiger charge is -2.38. The van der Waals surface area contributed by atoms with E-state index in [9.17, 15) is 14.7 Å².